The number of rotatable bonds is 4. The number of pyridine rings is 1. The van der Waals surface area contributed by atoms with Crippen LogP contribution in [0.2, 0.25) is 0 Å². The van der Waals surface area contributed by atoms with Crippen LogP contribution in [-0.4, -0.2) is 35.3 Å². The zero-order valence-electron chi connectivity index (χ0n) is 12.4. The van der Waals surface area contributed by atoms with E-state index < -0.39 is 11.7 Å². The van der Waals surface area contributed by atoms with Crippen LogP contribution in [-0.2, 0) is 11.2 Å². The summed E-state index contributed by atoms with van der Waals surface area (Å²) in [6, 6.07) is 7.06. The van der Waals surface area contributed by atoms with E-state index in [-0.39, 0.29) is 23.3 Å². The number of ether oxygens (including phenoxy) is 1. The Balaban J connectivity index is 1.67. The molecular formula is C17H17FN2O3. The molecule has 0 aliphatic carbocycles. The number of phenols is 1. The summed E-state index contributed by atoms with van der Waals surface area (Å²) in [6.45, 7) is 0.978. The summed E-state index contributed by atoms with van der Waals surface area (Å²) in [5.74, 6) is -1.24. The maximum Gasteiger partial charge on any atom is 0.255 e. The number of hydrogen-bond donors (Lipinski definition) is 2. The summed E-state index contributed by atoms with van der Waals surface area (Å²) >= 11 is 0. The second kappa shape index (κ2) is 6.75. The van der Waals surface area contributed by atoms with E-state index in [1.807, 2.05) is 12.1 Å². The van der Waals surface area contributed by atoms with Gasteiger partial charge in [-0.05, 0) is 36.2 Å². The molecule has 1 amide bonds. The Morgan fingerprint density at radius 3 is 2.83 bits per heavy atom. The number of nitrogens with one attached hydrogen (secondary N) is 1. The van der Waals surface area contributed by atoms with Crippen LogP contribution in [0.3, 0.4) is 0 Å². The Morgan fingerprint density at radius 2 is 2.09 bits per heavy atom. The number of amides is 1. The van der Waals surface area contributed by atoms with Crippen molar-refractivity contribution in [3.05, 3.63) is 59.7 Å². The largest absolute Gasteiger partial charge is 0.507 e. The third kappa shape index (κ3) is 3.65. The topological polar surface area (TPSA) is 71.5 Å². The summed E-state index contributed by atoms with van der Waals surface area (Å²) < 4.78 is 18.5. The van der Waals surface area contributed by atoms with Gasteiger partial charge in [0.1, 0.15) is 11.6 Å². The zero-order valence-corrected chi connectivity index (χ0v) is 12.4. The molecule has 6 heteroatoms. The number of carbonyl (C=O) groups excluding carboxylic acids is 1. The van der Waals surface area contributed by atoms with E-state index in [0.717, 1.165) is 24.1 Å². The van der Waals surface area contributed by atoms with Gasteiger partial charge in [-0.25, -0.2) is 4.39 Å². The monoisotopic (exact) mass is 316 g/mol. The molecule has 1 aliphatic rings. The van der Waals surface area contributed by atoms with Gasteiger partial charge >= 0.3 is 0 Å². The highest BCUT2D eigenvalue weighted by Crippen LogP contribution is 2.22. The molecule has 3 rings (SSSR count). The fourth-order valence-corrected chi connectivity index (χ4v) is 2.72. The number of halogens is 1. The molecule has 23 heavy (non-hydrogen) atoms. The van der Waals surface area contributed by atoms with E-state index in [4.69, 9.17) is 4.74 Å². The number of benzene rings is 1. The number of phenolic OH excluding ortho intramolecular Hbond substituents is 1. The van der Waals surface area contributed by atoms with Crippen molar-refractivity contribution in [1.82, 2.24) is 10.3 Å². The van der Waals surface area contributed by atoms with E-state index in [1.54, 1.807) is 12.4 Å². The van der Waals surface area contributed by atoms with Crippen LogP contribution in [0, 0.1) is 11.7 Å². The van der Waals surface area contributed by atoms with Crippen molar-refractivity contribution < 1.29 is 19.0 Å². The van der Waals surface area contributed by atoms with E-state index in [0.29, 0.717) is 13.2 Å². The normalized spacial score (nSPS) is 20.4. The van der Waals surface area contributed by atoms with Gasteiger partial charge in [-0.1, -0.05) is 0 Å². The maximum absolute atomic E-state index is 13.0. The quantitative estimate of drug-likeness (QED) is 0.904. The number of hydrogen-bond acceptors (Lipinski definition) is 4. The molecule has 1 fully saturated rings. The average molecular weight is 316 g/mol. The first-order valence-corrected chi connectivity index (χ1v) is 7.39. The van der Waals surface area contributed by atoms with Crippen molar-refractivity contribution in [3.63, 3.8) is 0 Å². The second-order valence-corrected chi connectivity index (χ2v) is 5.60. The Labute approximate surface area is 133 Å². The molecule has 5 nitrogen and oxygen atoms in total. The van der Waals surface area contributed by atoms with E-state index >= 15 is 0 Å². The van der Waals surface area contributed by atoms with Gasteiger partial charge in [0.25, 0.3) is 5.91 Å². The van der Waals surface area contributed by atoms with Gasteiger partial charge in [0.15, 0.2) is 0 Å². The Kier molecular flexibility index (Phi) is 4.52. The molecule has 1 aromatic carbocycles. The van der Waals surface area contributed by atoms with E-state index in [2.05, 4.69) is 10.3 Å². The summed E-state index contributed by atoms with van der Waals surface area (Å²) in [7, 11) is 0. The van der Waals surface area contributed by atoms with Crippen LogP contribution >= 0.6 is 0 Å². The van der Waals surface area contributed by atoms with Crippen LogP contribution < -0.4 is 5.32 Å². The summed E-state index contributed by atoms with van der Waals surface area (Å²) in [5.41, 5.74) is 1.18. The van der Waals surface area contributed by atoms with Gasteiger partial charge in [0.05, 0.1) is 24.8 Å². The van der Waals surface area contributed by atoms with Crippen molar-refractivity contribution in [3.8, 4) is 5.75 Å². The third-order valence-electron chi connectivity index (χ3n) is 3.97. The SMILES string of the molecule is O=C(N[C@H]1COC[C@H]1Cc1ccncc1)c1ccc(F)cc1O. The first kappa shape index (κ1) is 15.4. The lowest BCUT2D eigenvalue weighted by Gasteiger charge is -2.19. The van der Waals surface area contributed by atoms with Gasteiger partial charge in [0, 0.05) is 24.4 Å². The number of carbonyl (C=O) groups is 1. The molecule has 0 bridgehead atoms. The highest BCUT2D eigenvalue weighted by molar-refractivity contribution is 5.97. The number of aromatic hydroxyl groups is 1. The highest BCUT2D eigenvalue weighted by atomic mass is 19.1. The van der Waals surface area contributed by atoms with Gasteiger partial charge in [-0.3, -0.25) is 9.78 Å². The van der Waals surface area contributed by atoms with Gasteiger partial charge in [0.2, 0.25) is 0 Å². The summed E-state index contributed by atoms with van der Waals surface area (Å²) in [4.78, 5) is 16.3. The van der Waals surface area contributed by atoms with Crippen LogP contribution in [0.5, 0.6) is 5.75 Å². The lowest BCUT2D eigenvalue weighted by atomic mass is 9.95. The molecule has 0 radical (unpaired) electrons. The molecule has 120 valence electrons. The van der Waals surface area contributed by atoms with Crippen LogP contribution in [0.4, 0.5) is 4.39 Å². The standard InChI is InChI=1S/C17H17FN2O3/c18-13-1-2-14(16(21)8-13)17(22)20-15-10-23-9-12(15)7-11-3-5-19-6-4-11/h1-6,8,12,15,21H,7,9-10H2,(H,20,22)/t12-,15+/m1/s1. The minimum atomic E-state index is -0.584. The zero-order chi connectivity index (χ0) is 16.2. The minimum absolute atomic E-state index is 0.0564. The maximum atomic E-state index is 13.0. The predicted molar refractivity (Wildman–Crippen MR) is 81.6 cm³/mol. The Morgan fingerprint density at radius 1 is 1.30 bits per heavy atom. The summed E-state index contributed by atoms with van der Waals surface area (Å²) in [5, 5.41) is 12.6. The molecule has 0 saturated carbocycles. The molecule has 2 atom stereocenters. The lowest BCUT2D eigenvalue weighted by Crippen LogP contribution is -2.40. The first-order chi connectivity index (χ1) is 11.1. The molecule has 2 aromatic rings. The molecular weight excluding hydrogens is 299 g/mol. The van der Waals surface area contributed by atoms with Crippen LogP contribution in [0.1, 0.15) is 15.9 Å². The van der Waals surface area contributed by atoms with Crippen molar-refractivity contribution in [2.75, 3.05) is 13.2 Å². The Bertz CT molecular complexity index is 693. The lowest BCUT2D eigenvalue weighted by molar-refractivity contribution is 0.0922. The van der Waals surface area contributed by atoms with Gasteiger partial charge in [-0.2, -0.15) is 0 Å². The fraction of sp³-hybridized carbons (Fsp3) is 0.294. The van der Waals surface area contributed by atoms with Crippen LogP contribution in [0.15, 0.2) is 42.7 Å². The van der Waals surface area contributed by atoms with Crippen molar-refractivity contribution in [1.29, 1.82) is 0 Å². The molecule has 1 aromatic heterocycles. The average Bonchev–Trinajstić information content (AvgIpc) is 2.95. The van der Waals surface area contributed by atoms with Crippen LogP contribution in [0.25, 0.3) is 0 Å². The predicted octanol–water partition coefficient (Wildman–Crippen LogP) is 1.91. The van der Waals surface area contributed by atoms with E-state index in [9.17, 15) is 14.3 Å². The minimum Gasteiger partial charge on any atom is -0.507 e. The molecule has 2 heterocycles. The second-order valence-electron chi connectivity index (χ2n) is 5.60. The smallest absolute Gasteiger partial charge is 0.255 e. The van der Waals surface area contributed by atoms with Crippen molar-refractivity contribution in [2.45, 2.75) is 12.5 Å². The Hall–Kier alpha value is -2.47. The number of nitrogens with zero attached hydrogens (tertiary/aromatic N) is 1. The molecule has 1 saturated heterocycles. The fourth-order valence-electron chi connectivity index (χ4n) is 2.72. The molecule has 2 N–H and O–H groups in total. The summed E-state index contributed by atoms with van der Waals surface area (Å²) in [6.07, 6.45) is 4.23. The molecule has 0 unspecified atom stereocenters. The van der Waals surface area contributed by atoms with Gasteiger partial charge in [-0.15, -0.1) is 0 Å². The number of aromatic nitrogens is 1. The van der Waals surface area contributed by atoms with Crippen molar-refractivity contribution in [2.24, 2.45) is 5.92 Å². The highest BCUT2D eigenvalue weighted by Gasteiger charge is 2.30. The van der Waals surface area contributed by atoms with Crippen molar-refractivity contribution >= 4 is 5.91 Å². The molecule has 0 spiro atoms. The van der Waals surface area contributed by atoms with Gasteiger partial charge < -0.3 is 15.2 Å². The van der Waals surface area contributed by atoms with E-state index in [1.165, 1.54) is 6.07 Å². The first-order valence-electron chi connectivity index (χ1n) is 7.39. The third-order valence-corrected chi connectivity index (χ3v) is 3.97. The molecule has 1 aliphatic heterocycles.